The third-order valence-electron chi connectivity index (χ3n) is 3.03. The summed E-state index contributed by atoms with van der Waals surface area (Å²) in [5.74, 6) is 0. The molecule has 0 radical (unpaired) electrons. The second kappa shape index (κ2) is 8.87. The Kier molecular flexibility index (Phi) is 7.15. The topological polar surface area (TPSA) is 32.7 Å². The first kappa shape index (κ1) is 17.7. The van der Waals surface area contributed by atoms with Crippen LogP contribution in [0.3, 0.4) is 0 Å². The maximum atomic E-state index is 10.0. The number of ether oxygens (including phenoxy) is 1. The molecule has 0 saturated heterocycles. The van der Waals surface area contributed by atoms with Crippen molar-refractivity contribution in [3.8, 4) is 0 Å². The van der Waals surface area contributed by atoms with E-state index in [1.807, 2.05) is 41.6 Å². The molecule has 0 aliphatic rings. The minimum atomic E-state index is -0.528. The second-order valence-electron chi connectivity index (χ2n) is 5.22. The van der Waals surface area contributed by atoms with Gasteiger partial charge in [0.15, 0.2) is 0 Å². The van der Waals surface area contributed by atoms with Crippen LogP contribution in [0.4, 0.5) is 0 Å². The zero-order valence-corrected chi connectivity index (χ0v) is 14.7. The van der Waals surface area contributed by atoms with Gasteiger partial charge in [-0.2, -0.15) is 0 Å². The van der Waals surface area contributed by atoms with E-state index in [1.54, 1.807) is 17.4 Å². The van der Waals surface area contributed by atoms with Crippen LogP contribution >= 0.6 is 34.5 Å². The second-order valence-corrected chi connectivity index (χ2v) is 7.13. The fourth-order valence-corrected chi connectivity index (χ4v) is 3.39. The van der Waals surface area contributed by atoms with E-state index in [4.69, 9.17) is 27.9 Å². The summed E-state index contributed by atoms with van der Waals surface area (Å²) in [5.41, 5.74) is 1.02. The Labute approximate surface area is 145 Å². The molecule has 0 bridgehead atoms. The van der Waals surface area contributed by atoms with Crippen molar-refractivity contribution in [2.45, 2.75) is 19.3 Å². The zero-order valence-electron chi connectivity index (χ0n) is 12.3. The van der Waals surface area contributed by atoms with Crippen molar-refractivity contribution < 1.29 is 9.84 Å². The standard InChI is InChI=1S/C16H19Cl2NO2S/c1-19(8-12-5-13(17)7-14(18)6-12)9-15(20)10-21-11-16-3-2-4-22-16/h2-7,15,20H,8-11H2,1H3. The number of halogens is 2. The largest absolute Gasteiger partial charge is 0.389 e. The minimum Gasteiger partial charge on any atom is -0.389 e. The van der Waals surface area contributed by atoms with Gasteiger partial charge in [0.25, 0.3) is 0 Å². The Balaban J connectivity index is 1.72. The molecule has 0 fully saturated rings. The van der Waals surface area contributed by atoms with Crippen LogP contribution in [-0.4, -0.2) is 36.3 Å². The fraction of sp³-hybridized carbons (Fsp3) is 0.375. The Bertz CT molecular complexity index is 557. The van der Waals surface area contributed by atoms with Gasteiger partial charge in [-0.3, -0.25) is 4.90 Å². The average Bonchev–Trinajstić information content (AvgIpc) is 2.90. The summed E-state index contributed by atoms with van der Waals surface area (Å²) in [4.78, 5) is 3.18. The summed E-state index contributed by atoms with van der Waals surface area (Å²) in [6.07, 6.45) is -0.528. The van der Waals surface area contributed by atoms with Crippen molar-refractivity contribution in [3.63, 3.8) is 0 Å². The summed E-state index contributed by atoms with van der Waals surface area (Å²) in [5, 5.41) is 13.3. The average molecular weight is 360 g/mol. The highest BCUT2D eigenvalue weighted by Gasteiger charge is 2.10. The van der Waals surface area contributed by atoms with E-state index in [0.717, 1.165) is 10.4 Å². The van der Waals surface area contributed by atoms with Gasteiger partial charge in [0.05, 0.1) is 19.3 Å². The highest BCUT2D eigenvalue weighted by molar-refractivity contribution is 7.09. The summed E-state index contributed by atoms with van der Waals surface area (Å²) in [6, 6.07) is 9.48. The number of aliphatic hydroxyl groups is 1. The molecule has 6 heteroatoms. The van der Waals surface area contributed by atoms with Gasteiger partial charge < -0.3 is 9.84 Å². The lowest BCUT2D eigenvalue weighted by molar-refractivity contribution is 0.0135. The minimum absolute atomic E-state index is 0.318. The van der Waals surface area contributed by atoms with Crippen molar-refractivity contribution in [2.75, 3.05) is 20.2 Å². The SMILES string of the molecule is CN(Cc1cc(Cl)cc(Cl)c1)CC(O)COCc1cccs1. The van der Waals surface area contributed by atoms with Crippen molar-refractivity contribution >= 4 is 34.5 Å². The van der Waals surface area contributed by atoms with E-state index in [0.29, 0.717) is 36.3 Å². The lowest BCUT2D eigenvalue weighted by atomic mass is 10.2. The number of benzene rings is 1. The van der Waals surface area contributed by atoms with Crippen LogP contribution in [0, 0.1) is 0 Å². The number of thiophene rings is 1. The zero-order chi connectivity index (χ0) is 15.9. The predicted molar refractivity (Wildman–Crippen MR) is 92.8 cm³/mol. The monoisotopic (exact) mass is 359 g/mol. The molecule has 1 aromatic carbocycles. The van der Waals surface area contributed by atoms with Crippen LogP contribution < -0.4 is 0 Å². The molecule has 2 rings (SSSR count). The highest BCUT2D eigenvalue weighted by Crippen LogP contribution is 2.20. The molecule has 1 atom stereocenters. The first-order chi connectivity index (χ1) is 10.5. The highest BCUT2D eigenvalue weighted by atomic mass is 35.5. The van der Waals surface area contributed by atoms with E-state index >= 15 is 0 Å². The Morgan fingerprint density at radius 2 is 2.00 bits per heavy atom. The Hall–Kier alpha value is -0.620. The van der Waals surface area contributed by atoms with Crippen LogP contribution in [-0.2, 0) is 17.9 Å². The number of aliphatic hydroxyl groups excluding tert-OH is 1. The molecule has 0 aliphatic carbocycles. The van der Waals surface area contributed by atoms with Crippen molar-refractivity contribution in [3.05, 3.63) is 56.2 Å². The van der Waals surface area contributed by atoms with Gasteiger partial charge in [0, 0.05) is 28.0 Å². The van der Waals surface area contributed by atoms with Gasteiger partial charge >= 0.3 is 0 Å². The van der Waals surface area contributed by atoms with Gasteiger partial charge in [0.1, 0.15) is 0 Å². The molecule has 1 unspecified atom stereocenters. The molecule has 0 saturated carbocycles. The van der Waals surface area contributed by atoms with Gasteiger partial charge in [-0.25, -0.2) is 0 Å². The number of hydrogen-bond acceptors (Lipinski definition) is 4. The summed E-state index contributed by atoms with van der Waals surface area (Å²) >= 11 is 13.6. The molecule has 1 heterocycles. The normalized spacial score (nSPS) is 12.8. The van der Waals surface area contributed by atoms with Crippen LogP contribution in [0.25, 0.3) is 0 Å². The van der Waals surface area contributed by atoms with Gasteiger partial charge in [-0.05, 0) is 42.3 Å². The number of hydrogen-bond donors (Lipinski definition) is 1. The fourth-order valence-electron chi connectivity index (χ4n) is 2.18. The van der Waals surface area contributed by atoms with Crippen LogP contribution in [0.2, 0.25) is 10.0 Å². The summed E-state index contributed by atoms with van der Waals surface area (Å²) in [6.45, 7) is 2.05. The molecule has 1 N–H and O–H groups in total. The maximum absolute atomic E-state index is 10.0. The lowest BCUT2D eigenvalue weighted by Crippen LogP contribution is -2.31. The molecule has 22 heavy (non-hydrogen) atoms. The van der Waals surface area contributed by atoms with Gasteiger partial charge in [0.2, 0.25) is 0 Å². The molecular formula is C16H19Cl2NO2S. The molecule has 0 amide bonds. The summed E-state index contributed by atoms with van der Waals surface area (Å²) < 4.78 is 5.52. The third kappa shape index (κ3) is 6.24. The Morgan fingerprint density at radius 3 is 2.64 bits per heavy atom. The number of nitrogens with zero attached hydrogens (tertiary/aromatic N) is 1. The Morgan fingerprint density at radius 1 is 1.27 bits per heavy atom. The molecule has 120 valence electrons. The van der Waals surface area contributed by atoms with E-state index in [9.17, 15) is 5.11 Å². The summed E-state index contributed by atoms with van der Waals surface area (Å²) in [7, 11) is 1.94. The maximum Gasteiger partial charge on any atom is 0.0900 e. The first-order valence-electron chi connectivity index (χ1n) is 6.94. The van der Waals surface area contributed by atoms with E-state index < -0.39 is 6.10 Å². The van der Waals surface area contributed by atoms with Crippen molar-refractivity contribution in [1.29, 1.82) is 0 Å². The number of rotatable bonds is 8. The van der Waals surface area contributed by atoms with Crippen LogP contribution in [0.5, 0.6) is 0 Å². The molecule has 3 nitrogen and oxygen atoms in total. The van der Waals surface area contributed by atoms with Crippen LogP contribution in [0.15, 0.2) is 35.7 Å². The molecule has 1 aromatic heterocycles. The van der Waals surface area contributed by atoms with Crippen molar-refractivity contribution in [1.82, 2.24) is 4.90 Å². The van der Waals surface area contributed by atoms with Gasteiger partial charge in [-0.15, -0.1) is 11.3 Å². The van der Waals surface area contributed by atoms with Gasteiger partial charge in [-0.1, -0.05) is 29.3 Å². The predicted octanol–water partition coefficient (Wildman–Crippen LogP) is 4.06. The first-order valence-corrected chi connectivity index (χ1v) is 8.58. The molecule has 0 spiro atoms. The quantitative estimate of drug-likeness (QED) is 0.771. The molecule has 0 aliphatic heterocycles. The smallest absolute Gasteiger partial charge is 0.0900 e. The van der Waals surface area contributed by atoms with E-state index in [1.165, 1.54) is 0 Å². The van der Waals surface area contributed by atoms with Crippen molar-refractivity contribution in [2.24, 2.45) is 0 Å². The molecule has 2 aromatic rings. The van der Waals surface area contributed by atoms with E-state index in [-0.39, 0.29) is 0 Å². The number of likely N-dealkylation sites (N-methyl/N-ethyl adjacent to an activating group) is 1. The van der Waals surface area contributed by atoms with E-state index in [2.05, 4.69) is 0 Å². The van der Waals surface area contributed by atoms with Crippen LogP contribution in [0.1, 0.15) is 10.4 Å². The lowest BCUT2D eigenvalue weighted by Gasteiger charge is -2.20. The molecular weight excluding hydrogens is 341 g/mol. The third-order valence-corrected chi connectivity index (χ3v) is 4.32.